The lowest BCUT2D eigenvalue weighted by Crippen LogP contribution is -2.33. The number of nitrogens with zero attached hydrogens (tertiary/aromatic N) is 3. The lowest BCUT2D eigenvalue weighted by atomic mass is 10.2. The monoisotopic (exact) mass is 306 g/mol. The van der Waals surface area contributed by atoms with E-state index in [0.29, 0.717) is 0 Å². The van der Waals surface area contributed by atoms with Gasteiger partial charge in [-0.1, -0.05) is 12.1 Å². The number of carboxylic acid groups (broad SMARTS) is 1. The molecule has 0 unspecified atom stereocenters. The highest BCUT2D eigenvalue weighted by Crippen LogP contribution is 2.17. The number of carbonyl (C=O) groups excluding carboxylic acids is 1. The Balaban J connectivity index is 3.07. The maximum absolute atomic E-state index is 12.4. The van der Waals surface area contributed by atoms with E-state index in [1.54, 1.807) is 0 Å². The van der Waals surface area contributed by atoms with Crippen molar-refractivity contribution in [2.24, 2.45) is 0 Å². The van der Waals surface area contributed by atoms with Gasteiger partial charge in [0.15, 0.2) is 0 Å². The number of carbonyl (C=O) groups is 1. The van der Waals surface area contributed by atoms with Crippen molar-refractivity contribution in [1.29, 1.82) is 10.5 Å². The van der Waals surface area contributed by atoms with Crippen LogP contribution < -0.4 is 5.11 Å². The zero-order valence-corrected chi connectivity index (χ0v) is 11.8. The Morgan fingerprint density at radius 1 is 1.10 bits per heavy atom. The van der Waals surface area contributed by atoms with Crippen molar-refractivity contribution in [3.63, 3.8) is 0 Å². The van der Waals surface area contributed by atoms with Gasteiger partial charge < -0.3 is 9.90 Å². The maximum Gasteiger partial charge on any atom is 0.243 e. The molecule has 0 aromatic heterocycles. The first kappa shape index (κ1) is 16.6. The molecule has 21 heavy (non-hydrogen) atoms. The molecular weight excluding hydrogens is 294 g/mol. The van der Waals surface area contributed by atoms with E-state index in [4.69, 9.17) is 10.5 Å². The molecule has 0 saturated heterocycles. The van der Waals surface area contributed by atoms with E-state index in [2.05, 4.69) is 0 Å². The largest absolute Gasteiger partial charge is 0.545 e. The summed E-state index contributed by atoms with van der Waals surface area (Å²) < 4.78 is 25.8. The van der Waals surface area contributed by atoms with Gasteiger partial charge in [0.2, 0.25) is 10.0 Å². The standard InChI is InChI=1S/C13H13N3O4S/c14-7-1-9-16(10-2-8-15)21(19,20)12-5-3-11(4-6-12)13(17)18/h3-6H,1-2,9-10H2,(H,17,18)/p-1. The fourth-order valence-electron chi connectivity index (χ4n) is 1.61. The van der Waals surface area contributed by atoms with Gasteiger partial charge in [-0.25, -0.2) is 8.42 Å². The molecular formula is C13H12N3O4S-. The van der Waals surface area contributed by atoms with E-state index in [1.807, 2.05) is 12.1 Å². The van der Waals surface area contributed by atoms with Crippen LogP contribution in [0.25, 0.3) is 0 Å². The molecule has 0 aliphatic carbocycles. The van der Waals surface area contributed by atoms with Crippen LogP contribution in [0.15, 0.2) is 29.2 Å². The number of carboxylic acids is 1. The van der Waals surface area contributed by atoms with Gasteiger partial charge in [0.25, 0.3) is 0 Å². The number of rotatable bonds is 7. The van der Waals surface area contributed by atoms with Crippen LogP contribution in [0, 0.1) is 22.7 Å². The molecule has 0 amide bonds. The second-order valence-corrected chi connectivity index (χ2v) is 5.97. The average molecular weight is 306 g/mol. The average Bonchev–Trinajstić information content (AvgIpc) is 2.47. The summed E-state index contributed by atoms with van der Waals surface area (Å²) in [6.07, 6.45) is 0.00355. The molecule has 0 N–H and O–H groups in total. The molecule has 0 heterocycles. The first-order chi connectivity index (χ1) is 9.93. The van der Waals surface area contributed by atoms with Gasteiger partial charge in [0, 0.05) is 25.9 Å². The third-order valence-electron chi connectivity index (χ3n) is 2.67. The van der Waals surface area contributed by atoms with Crippen LogP contribution in [-0.2, 0) is 10.0 Å². The van der Waals surface area contributed by atoms with E-state index < -0.39 is 16.0 Å². The van der Waals surface area contributed by atoms with E-state index in [9.17, 15) is 18.3 Å². The summed E-state index contributed by atoms with van der Waals surface area (Å²) in [5, 5.41) is 27.8. The van der Waals surface area contributed by atoms with E-state index in [1.165, 1.54) is 0 Å². The summed E-state index contributed by atoms with van der Waals surface area (Å²) in [5.74, 6) is -1.40. The predicted octanol–water partition coefficient (Wildman–Crippen LogP) is -0.132. The van der Waals surface area contributed by atoms with Crippen molar-refractivity contribution >= 4 is 16.0 Å². The van der Waals surface area contributed by atoms with Crippen molar-refractivity contribution in [3.8, 4) is 12.1 Å². The highest BCUT2D eigenvalue weighted by molar-refractivity contribution is 7.89. The molecule has 8 heteroatoms. The van der Waals surface area contributed by atoms with Gasteiger partial charge in [0.05, 0.1) is 23.0 Å². The fraction of sp³-hybridized carbons (Fsp3) is 0.308. The van der Waals surface area contributed by atoms with Gasteiger partial charge >= 0.3 is 0 Å². The van der Waals surface area contributed by atoms with Gasteiger partial charge in [-0.05, 0) is 17.7 Å². The molecule has 1 rings (SSSR count). The van der Waals surface area contributed by atoms with Crippen LogP contribution in [0.2, 0.25) is 0 Å². The Hall–Kier alpha value is -2.42. The number of hydrogen-bond donors (Lipinski definition) is 0. The smallest absolute Gasteiger partial charge is 0.243 e. The normalized spacial score (nSPS) is 10.8. The molecule has 1 aromatic carbocycles. The number of benzene rings is 1. The summed E-state index contributed by atoms with van der Waals surface area (Å²) in [4.78, 5) is 10.5. The molecule has 0 fully saturated rings. The SMILES string of the molecule is N#CCCN(CCC#N)S(=O)(=O)c1ccc(C(=O)[O-])cc1. The van der Waals surface area contributed by atoms with Gasteiger partial charge in [-0.15, -0.1) is 0 Å². The second kappa shape index (κ2) is 7.39. The Morgan fingerprint density at radius 2 is 1.57 bits per heavy atom. The van der Waals surface area contributed by atoms with E-state index in [0.717, 1.165) is 28.6 Å². The third kappa shape index (κ3) is 4.28. The molecule has 0 saturated carbocycles. The zero-order chi connectivity index (χ0) is 15.9. The van der Waals surface area contributed by atoms with Gasteiger partial charge in [-0.2, -0.15) is 14.8 Å². The van der Waals surface area contributed by atoms with Crippen molar-refractivity contribution in [3.05, 3.63) is 29.8 Å². The van der Waals surface area contributed by atoms with Crippen LogP contribution in [0.4, 0.5) is 0 Å². The summed E-state index contributed by atoms with van der Waals surface area (Å²) in [6, 6.07) is 8.28. The van der Waals surface area contributed by atoms with Crippen molar-refractivity contribution in [1.82, 2.24) is 4.31 Å². The van der Waals surface area contributed by atoms with Crippen LogP contribution >= 0.6 is 0 Å². The molecule has 0 aliphatic rings. The number of sulfonamides is 1. The molecule has 110 valence electrons. The molecule has 0 aliphatic heterocycles. The first-order valence-electron chi connectivity index (χ1n) is 5.99. The van der Waals surface area contributed by atoms with Crippen LogP contribution in [0.5, 0.6) is 0 Å². The Kier molecular flexibility index (Phi) is 5.85. The Bertz CT molecular complexity index is 666. The maximum atomic E-state index is 12.4. The lowest BCUT2D eigenvalue weighted by Gasteiger charge is -2.20. The van der Waals surface area contributed by atoms with Crippen LogP contribution in [0.3, 0.4) is 0 Å². The van der Waals surface area contributed by atoms with Crippen LogP contribution in [0.1, 0.15) is 23.2 Å². The molecule has 0 atom stereocenters. The van der Waals surface area contributed by atoms with Crippen molar-refractivity contribution in [2.75, 3.05) is 13.1 Å². The first-order valence-corrected chi connectivity index (χ1v) is 7.43. The third-order valence-corrected chi connectivity index (χ3v) is 4.59. The lowest BCUT2D eigenvalue weighted by molar-refractivity contribution is -0.255. The Labute approximate surface area is 122 Å². The van der Waals surface area contributed by atoms with Gasteiger partial charge in [0.1, 0.15) is 0 Å². The summed E-state index contributed by atoms with van der Waals surface area (Å²) in [6.45, 7) is -0.0501. The molecule has 0 radical (unpaired) electrons. The highest BCUT2D eigenvalue weighted by Gasteiger charge is 2.23. The highest BCUT2D eigenvalue weighted by atomic mass is 32.2. The minimum atomic E-state index is -3.87. The van der Waals surface area contributed by atoms with Crippen molar-refractivity contribution < 1.29 is 18.3 Å². The number of hydrogen-bond acceptors (Lipinski definition) is 6. The fourth-order valence-corrected chi connectivity index (χ4v) is 3.06. The summed E-state index contributed by atoms with van der Waals surface area (Å²) in [5.41, 5.74) is -0.130. The van der Waals surface area contributed by atoms with Crippen molar-refractivity contribution in [2.45, 2.75) is 17.7 Å². The molecule has 7 nitrogen and oxygen atoms in total. The number of aromatic carboxylic acids is 1. The quantitative estimate of drug-likeness (QED) is 0.690. The topological polar surface area (TPSA) is 125 Å². The summed E-state index contributed by atoms with van der Waals surface area (Å²) in [7, 11) is -3.87. The second-order valence-electron chi connectivity index (χ2n) is 4.03. The van der Waals surface area contributed by atoms with Crippen LogP contribution in [-0.4, -0.2) is 31.8 Å². The summed E-state index contributed by atoms with van der Waals surface area (Å²) >= 11 is 0. The molecule has 1 aromatic rings. The minimum absolute atomic E-state index is 0.00177. The predicted molar refractivity (Wildman–Crippen MR) is 70.0 cm³/mol. The Morgan fingerprint density at radius 3 is 1.95 bits per heavy atom. The molecule has 0 spiro atoms. The number of nitriles is 2. The van der Waals surface area contributed by atoms with Gasteiger partial charge in [-0.3, -0.25) is 0 Å². The molecule has 0 bridgehead atoms. The van der Waals surface area contributed by atoms with E-state index >= 15 is 0 Å². The minimum Gasteiger partial charge on any atom is -0.545 e. The van der Waals surface area contributed by atoms with E-state index in [-0.39, 0.29) is 36.4 Å². The zero-order valence-electron chi connectivity index (χ0n) is 11.0.